The van der Waals surface area contributed by atoms with Crippen molar-refractivity contribution < 1.29 is 23.5 Å². The molecule has 1 aliphatic rings. The lowest BCUT2D eigenvalue weighted by Gasteiger charge is -2.40. The number of ketones is 1. The molecule has 3 heterocycles. The van der Waals surface area contributed by atoms with Crippen LogP contribution in [0.1, 0.15) is 22.8 Å². The van der Waals surface area contributed by atoms with Gasteiger partial charge < -0.3 is 24.7 Å². The standard InChI is InChI=1S/C26H23FN4O4/c1-26(14-34-3)25(33)31(2)20-13-29-24-21(22(20)30-26)18(12-28-24)23(32)17-10-9-16(11-19(17)27)35-15-7-5-4-6-8-15/h4-13,30H,14H2,1-3H3,(H,28,29). The van der Waals surface area contributed by atoms with Crippen molar-refractivity contribution in [1.82, 2.24) is 9.97 Å². The summed E-state index contributed by atoms with van der Waals surface area (Å²) in [5, 5.41) is 3.71. The summed E-state index contributed by atoms with van der Waals surface area (Å²) in [7, 11) is 3.15. The number of aromatic amines is 1. The normalized spacial score (nSPS) is 17.3. The summed E-state index contributed by atoms with van der Waals surface area (Å²) in [6, 6.07) is 13.1. The molecule has 9 heteroatoms. The minimum Gasteiger partial charge on any atom is -0.457 e. The highest BCUT2D eigenvalue weighted by Gasteiger charge is 2.42. The van der Waals surface area contributed by atoms with Crippen LogP contribution in [-0.4, -0.2) is 48.0 Å². The van der Waals surface area contributed by atoms with Gasteiger partial charge in [-0.15, -0.1) is 0 Å². The van der Waals surface area contributed by atoms with Crippen molar-refractivity contribution in [3.8, 4) is 11.5 Å². The maximum absolute atomic E-state index is 15.1. The van der Waals surface area contributed by atoms with E-state index in [2.05, 4.69) is 15.3 Å². The summed E-state index contributed by atoms with van der Waals surface area (Å²) < 4.78 is 26.0. The summed E-state index contributed by atoms with van der Waals surface area (Å²) >= 11 is 0. The van der Waals surface area contributed by atoms with Gasteiger partial charge in [0.05, 0.1) is 40.7 Å². The first-order chi connectivity index (χ1) is 16.8. The first-order valence-electron chi connectivity index (χ1n) is 10.9. The first kappa shape index (κ1) is 22.5. The molecule has 178 valence electrons. The molecule has 35 heavy (non-hydrogen) atoms. The lowest BCUT2D eigenvalue weighted by atomic mass is 9.95. The number of nitrogens with zero attached hydrogens (tertiary/aromatic N) is 2. The van der Waals surface area contributed by atoms with Crippen LogP contribution in [0.25, 0.3) is 11.0 Å². The molecule has 5 rings (SSSR count). The van der Waals surface area contributed by atoms with Gasteiger partial charge in [0.1, 0.15) is 28.5 Å². The van der Waals surface area contributed by atoms with Crippen molar-refractivity contribution in [3.63, 3.8) is 0 Å². The van der Waals surface area contributed by atoms with E-state index in [0.717, 1.165) is 0 Å². The molecule has 4 aromatic rings. The van der Waals surface area contributed by atoms with Gasteiger partial charge in [-0.2, -0.15) is 0 Å². The highest BCUT2D eigenvalue weighted by atomic mass is 19.1. The van der Waals surface area contributed by atoms with Crippen molar-refractivity contribution >= 4 is 34.1 Å². The molecule has 0 spiro atoms. The third kappa shape index (κ3) is 3.79. The zero-order valence-corrected chi connectivity index (χ0v) is 19.4. The average Bonchev–Trinajstić information content (AvgIpc) is 3.28. The van der Waals surface area contributed by atoms with E-state index in [9.17, 15) is 9.59 Å². The van der Waals surface area contributed by atoms with Crippen LogP contribution in [0.15, 0.2) is 60.9 Å². The number of hydrogen-bond acceptors (Lipinski definition) is 6. The number of para-hydroxylation sites is 1. The molecule has 0 radical (unpaired) electrons. The minimum atomic E-state index is -1.05. The minimum absolute atomic E-state index is 0.108. The monoisotopic (exact) mass is 474 g/mol. The Hall–Kier alpha value is -4.24. The van der Waals surface area contributed by atoms with Crippen molar-refractivity contribution in [2.45, 2.75) is 12.5 Å². The molecule has 0 aliphatic carbocycles. The van der Waals surface area contributed by atoms with Crippen LogP contribution in [0.2, 0.25) is 0 Å². The Kier molecular flexibility index (Phi) is 5.49. The predicted molar refractivity (Wildman–Crippen MR) is 130 cm³/mol. The molecule has 0 saturated heterocycles. The number of rotatable bonds is 6. The number of likely N-dealkylation sites (N-methyl/N-ethyl adjacent to an activating group) is 1. The molecule has 1 aliphatic heterocycles. The summed E-state index contributed by atoms with van der Waals surface area (Å²) in [6.45, 7) is 1.84. The van der Waals surface area contributed by atoms with Gasteiger partial charge in [0.15, 0.2) is 5.78 Å². The molecule has 1 atom stereocenters. The summed E-state index contributed by atoms with van der Waals surface area (Å²) in [5.74, 6) is -0.592. The molecule has 0 saturated carbocycles. The summed E-state index contributed by atoms with van der Waals surface area (Å²) in [4.78, 5) is 35.2. The lowest BCUT2D eigenvalue weighted by molar-refractivity contribution is -0.124. The second-order valence-corrected chi connectivity index (χ2v) is 8.58. The summed E-state index contributed by atoms with van der Waals surface area (Å²) in [6.07, 6.45) is 3.05. The highest BCUT2D eigenvalue weighted by Crippen LogP contribution is 2.41. The number of nitrogens with one attached hydrogen (secondary N) is 2. The average molecular weight is 474 g/mol. The molecule has 2 aromatic heterocycles. The maximum Gasteiger partial charge on any atom is 0.254 e. The van der Waals surface area contributed by atoms with E-state index in [-0.39, 0.29) is 29.4 Å². The Bertz CT molecular complexity index is 1450. The van der Waals surface area contributed by atoms with Crippen LogP contribution in [0.5, 0.6) is 11.5 Å². The van der Waals surface area contributed by atoms with Crippen molar-refractivity contribution in [1.29, 1.82) is 0 Å². The number of H-pyrrole nitrogens is 1. The van der Waals surface area contributed by atoms with E-state index >= 15 is 4.39 Å². The van der Waals surface area contributed by atoms with Crippen molar-refractivity contribution in [2.24, 2.45) is 0 Å². The van der Waals surface area contributed by atoms with Gasteiger partial charge in [-0.25, -0.2) is 9.37 Å². The van der Waals surface area contributed by atoms with E-state index < -0.39 is 17.1 Å². The second-order valence-electron chi connectivity index (χ2n) is 8.58. The van der Waals surface area contributed by atoms with Crippen molar-refractivity contribution in [2.75, 3.05) is 31.0 Å². The third-order valence-corrected chi connectivity index (χ3v) is 6.06. The van der Waals surface area contributed by atoms with Gasteiger partial charge >= 0.3 is 0 Å². The third-order valence-electron chi connectivity index (χ3n) is 6.06. The molecule has 1 unspecified atom stereocenters. The van der Waals surface area contributed by atoms with Gasteiger partial charge in [-0.1, -0.05) is 18.2 Å². The molecular formula is C26H23FN4O4. The van der Waals surface area contributed by atoms with Crippen LogP contribution < -0.4 is 15.0 Å². The van der Waals surface area contributed by atoms with E-state index in [4.69, 9.17) is 9.47 Å². The fraction of sp³-hybridized carbons (Fsp3) is 0.192. The van der Waals surface area contributed by atoms with E-state index in [1.807, 2.05) is 18.2 Å². The number of amides is 1. The molecule has 2 N–H and O–H groups in total. The number of anilines is 2. The molecular weight excluding hydrogens is 451 g/mol. The Morgan fingerprint density at radius 1 is 1.14 bits per heavy atom. The van der Waals surface area contributed by atoms with Crippen LogP contribution in [-0.2, 0) is 9.53 Å². The van der Waals surface area contributed by atoms with Gasteiger partial charge in [0.2, 0.25) is 0 Å². The lowest BCUT2D eigenvalue weighted by Crippen LogP contribution is -2.57. The molecule has 2 aromatic carbocycles. The smallest absolute Gasteiger partial charge is 0.254 e. The van der Waals surface area contributed by atoms with Gasteiger partial charge in [-0.3, -0.25) is 9.59 Å². The van der Waals surface area contributed by atoms with Gasteiger partial charge in [-0.05, 0) is 31.2 Å². The fourth-order valence-corrected chi connectivity index (χ4v) is 4.35. The first-order valence-corrected chi connectivity index (χ1v) is 10.9. The molecule has 0 bridgehead atoms. The molecule has 0 fully saturated rings. The maximum atomic E-state index is 15.1. The second kappa shape index (κ2) is 8.52. The topological polar surface area (TPSA) is 96.5 Å². The van der Waals surface area contributed by atoms with E-state index in [1.165, 1.54) is 30.3 Å². The number of pyridine rings is 1. The number of aromatic nitrogens is 2. The Labute approximate surface area is 200 Å². The Morgan fingerprint density at radius 2 is 1.91 bits per heavy atom. The van der Waals surface area contributed by atoms with E-state index in [1.54, 1.807) is 38.4 Å². The predicted octanol–water partition coefficient (Wildman–Crippen LogP) is 4.52. The van der Waals surface area contributed by atoms with Crippen LogP contribution >= 0.6 is 0 Å². The quantitative estimate of drug-likeness (QED) is 0.399. The number of methoxy groups -OCH3 is 1. The van der Waals surface area contributed by atoms with E-state index in [0.29, 0.717) is 28.2 Å². The summed E-state index contributed by atoms with van der Waals surface area (Å²) in [5.41, 5.74) is 0.567. The van der Waals surface area contributed by atoms with Crippen LogP contribution in [0, 0.1) is 5.82 Å². The van der Waals surface area contributed by atoms with Gasteiger partial charge in [0.25, 0.3) is 5.91 Å². The van der Waals surface area contributed by atoms with Crippen LogP contribution in [0.3, 0.4) is 0 Å². The van der Waals surface area contributed by atoms with Crippen molar-refractivity contribution in [3.05, 3.63) is 77.9 Å². The van der Waals surface area contributed by atoms with Crippen LogP contribution in [0.4, 0.5) is 15.8 Å². The zero-order chi connectivity index (χ0) is 24.7. The molecule has 8 nitrogen and oxygen atoms in total. The number of fused-ring (bicyclic) bond motifs is 3. The number of halogens is 1. The Balaban J connectivity index is 1.55. The Morgan fingerprint density at radius 3 is 2.63 bits per heavy atom. The largest absolute Gasteiger partial charge is 0.457 e. The highest BCUT2D eigenvalue weighted by molar-refractivity contribution is 6.22. The number of hydrogen-bond donors (Lipinski definition) is 2. The van der Waals surface area contributed by atoms with Gasteiger partial charge in [0, 0.05) is 26.4 Å². The number of carbonyl (C=O) groups is 2. The molecule has 1 amide bonds. The number of ether oxygens (including phenoxy) is 2. The SMILES string of the molecule is COCC1(C)Nc2c(cnc3[nH]cc(C(=O)c4ccc(Oc5ccccc5)cc4F)c23)N(C)C1=O. The zero-order valence-electron chi connectivity index (χ0n) is 19.4. The number of benzene rings is 2. The fourth-order valence-electron chi connectivity index (χ4n) is 4.35. The number of carbonyl (C=O) groups excluding carboxylic acids is 2.